The Morgan fingerprint density at radius 1 is 1.00 bits per heavy atom. The third-order valence-corrected chi connectivity index (χ3v) is 6.40. The van der Waals surface area contributed by atoms with Crippen LogP contribution >= 0.6 is 0 Å². The maximum atomic E-state index is 13.2. The number of anilines is 1. The molecule has 186 valence electrons. The fourth-order valence-electron chi connectivity index (χ4n) is 4.04. The van der Waals surface area contributed by atoms with Gasteiger partial charge in [0.2, 0.25) is 5.95 Å². The van der Waals surface area contributed by atoms with Crippen LogP contribution in [0.3, 0.4) is 0 Å². The predicted octanol–water partition coefficient (Wildman–Crippen LogP) is 1.26. The summed E-state index contributed by atoms with van der Waals surface area (Å²) in [5.41, 5.74) is 0.253. The van der Waals surface area contributed by atoms with E-state index >= 15 is 0 Å². The van der Waals surface area contributed by atoms with Crippen molar-refractivity contribution in [3.05, 3.63) is 20.8 Å². The Kier molecular flexibility index (Phi) is 7.08. The average Bonchev–Trinajstić information content (AvgIpc) is 3.70. The monoisotopic (exact) mass is 475 g/mol. The quantitative estimate of drug-likeness (QED) is 0.455. The van der Waals surface area contributed by atoms with Crippen molar-refractivity contribution in [2.24, 2.45) is 24.8 Å². The molecule has 0 spiro atoms. The standard InChI is InChI=1S/C23H33N5O6/c1-14(29)33-12-18(13-34-15(2)30)8-9-24-22-25-20-19(26(22)3)21(31)28(11-17-6-7-17)23(32)27(20)10-16-4-5-16/h16-18H,4-13H2,1-3H3,(H,24,25). The number of carbonyl (C=O) groups excluding carboxylic acids is 2. The van der Waals surface area contributed by atoms with E-state index in [1.807, 2.05) is 0 Å². The van der Waals surface area contributed by atoms with Crippen molar-refractivity contribution < 1.29 is 19.1 Å². The van der Waals surface area contributed by atoms with Gasteiger partial charge in [-0.25, -0.2) is 4.79 Å². The highest BCUT2D eigenvalue weighted by molar-refractivity contribution is 5.74. The van der Waals surface area contributed by atoms with E-state index in [4.69, 9.17) is 9.47 Å². The summed E-state index contributed by atoms with van der Waals surface area (Å²) in [6.45, 7) is 4.42. The summed E-state index contributed by atoms with van der Waals surface area (Å²) >= 11 is 0. The first-order valence-corrected chi connectivity index (χ1v) is 11.9. The average molecular weight is 476 g/mol. The fraction of sp³-hybridized carbons (Fsp3) is 0.696. The van der Waals surface area contributed by atoms with Crippen molar-refractivity contribution in [2.45, 2.75) is 59.0 Å². The van der Waals surface area contributed by atoms with E-state index in [0.717, 1.165) is 25.7 Å². The largest absolute Gasteiger partial charge is 0.465 e. The molecule has 4 rings (SSSR count). The number of esters is 2. The molecule has 0 aliphatic heterocycles. The summed E-state index contributed by atoms with van der Waals surface area (Å²) in [5, 5.41) is 3.23. The Balaban J connectivity index is 1.55. The van der Waals surface area contributed by atoms with Gasteiger partial charge in [0.1, 0.15) is 0 Å². The summed E-state index contributed by atoms with van der Waals surface area (Å²) in [6.07, 6.45) is 4.81. The third kappa shape index (κ3) is 5.68. The van der Waals surface area contributed by atoms with Crippen molar-refractivity contribution in [2.75, 3.05) is 25.1 Å². The number of nitrogens with one attached hydrogen (secondary N) is 1. The van der Waals surface area contributed by atoms with Crippen LogP contribution in [0.2, 0.25) is 0 Å². The molecule has 11 heteroatoms. The second-order valence-corrected chi connectivity index (χ2v) is 9.55. The minimum Gasteiger partial charge on any atom is -0.465 e. The van der Waals surface area contributed by atoms with E-state index in [9.17, 15) is 19.2 Å². The number of aromatic nitrogens is 4. The number of ether oxygens (including phenoxy) is 2. The predicted molar refractivity (Wildman–Crippen MR) is 125 cm³/mol. The topological polar surface area (TPSA) is 126 Å². The van der Waals surface area contributed by atoms with Crippen molar-refractivity contribution >= 4 is 29.1 Å². The van der Waals surface area contributed by atoms with Gasteiger partial charge in [0.25, 0.3) is 5.56 Å². The normalized spacial score (nSPS) is 15.6. The van der Waals surface area contributed by atoms with Gasteiger partial charge in [-0.2, -0.15) is 4.98 Å². The highest BCUT2D eigenvalue weighted by atomic mass is 16.5. The van der Waals surface area contributed by atoms with Crippen LogP contribution in [-0.4, -0.2) is 50.4 Å². The van der Waals surface area contributed by atoms with Crippen molar-refractivity contribution in [3.8, 4) is 0 Å². The lowest BCUT2D eigenvalue weighted by Crippen LogP contribution is -2.41. The van der Waals surface area contributed by atoms with Crippen LogP contribution in [0.5, 0.6) is 0 Å². The van der Waals surface area contributed by atoms with Crippen LogP contribution in [0.15, 0.2) is 9.59 Å². The zero-order valence-electron chi connectivity index (χ0n) is 20.0. The van der Waals surface area contributed by atoms with Crippen LogP contribution < -0.4 is 16.6 Å². The first kappa shape index (κ1) is 24.0. The first-order chi connectivity index (χ1) is 16.2. The van der Waals surface area contributed by atoms with Gasteiger partial charge in [0.05, 0.1) is 13.2 Å². The Bertz CT molecular complexity index is 1170. The van der Waals surface area contributed by atoms with E-state index in [1.165, 1.54) is 18.4 Å². The van der Waals surface area contributed by atoms with Gasteiger partial charge in [-0.3, -0.25) is 23.5 Å². The molecule has 2 saturated carbocycles. The van der Waals surface area contributed by atoms with Gasteiger partial charge < -0.3 is 19.4 Å². The van der Waals surface area contributed by atoms with Gasteiger partial charge >= 0.3 is 17.6 Å². The van der Waals surface area contributed by atoms with Gasteiger partial charge in [-0.15, -0.1) is 0 Å². The van der Waals surface area contributed by atoms with Crippen LogP contribution in [-0.2, 0) is 39.2 Å². The van der Waals surface area contributed by atoms with Crippen molar-refractivity contribution in [1.29, 1.82) is 0 Å². The number of rotatable bonds is 12. The number of carbonyl (C=O) groups is 2. The Morgan fingerprint density at radius 3 is 2.09 bits per heavy atom. The van der Waals surface area contributed by atoms with Crippen molar-refractivity contribution in [3.63, 3.8) is 0 Å². The maximum Gasteiger partial charge on any atom is 0.332 e. The molecule has 2 aliphatic carbocycles. The van der Waals surface area contributed by atoms with Crippen molar-refractivity contribution in [1.82, 2.24) is 18.7 Å². The molecule has 1 N–H and O–H groups in total. The lowest BCUT2D eigenvalue weighted by molar-refractivity contribution is -0.146. The number of fused-ring (bicyclic) bond motifs is 1. The molecule has 0 atom stereocenters. The van der Waals surface area contributed by atoms with E-state index < -0.39 is 11.9 Å². The molecule has 0 amide bonds. The first-order valence-electron chi connectivity index (χ1n) is 11.9. The second kappa shape index (κ2) is 10.0. The molecular formula is C23H33N5O6. The van der Waals surface area contributed by atoms with E-state index in [0.29, 0.717) is 55.0 Å². The van der Waals surface area contributed by atoms with Crippen LogP contribution in [0.1, 0.15) is 46.0 Å². The molecule has 2 heterocycles. The summed E-state index contributed by atoms with van der Waals surface area (Å²) in [7, 11) is 1.77. The Labute approximate surface area is 197 Å². The molecule has 0 bridgehead atoms. The van der Waals surface area contributed by atoms with Gasteiger partial charge in [0, 0.05) is 46.4 Å². The minimum absolute atomic E-state index is 0.139. The molecule has 2 aromatic heterocycles. The molecule has 11 nitrogen and oxygen atoms in total. The summed E-state index contributed by atoms with van der Waals surface area (Å²) in [5.74, 6) is 0.362. The van der Waals surface area contributed by atoms with Gasteiger partial charge in [-0.1, -0.05) is 0 Å². The van der Waals surface area contributed by atoms with Gasteiger partial charge in [-0.05, 0) is 43.9 Å². The molecular weight excluding hydrogens is 442 g/mol. The zero-order chi connectivity index (χ0) is 24.4. The number of hydrogen-bond acceptors (Lipinski definition) is 8. The SMILES string of the molecule is CC(=O)OCC(CCNc1nc2c(c(=O)n(CC3CC3)c(=O)n2CC2CC2)n1C)COC(C)=O. The number of imidazole rings is 1. The number of nitrogens with zero attached hydrogens (tertiary/aromatic N) is 4. The molecule has 2 aromatic rings. The lowest BCUT2D eigenvalue weighted by Gasteiger charge is -2.16. The summed E-state index contributed by atoms with van der Waals surface area (Å²) in [4.78, 5) is 53.4. The van der Waals surface area contributed by atoms with E-state index in [2.05, 4.69) is 10.3 Å². The maximum absolute atomic E-state index is 13.2. The fourth-order valence-corrected chi connectivity index (χ4v) is 4.04. The smallest absolute Gasteiger partial charge is 0.332 e. The van der Waals surface area contributed by atoms with E-state index in [-0.39, 0.29) is 30.4 Å². The number of hydrogen-bond donors (Lipinski definition) is 1. The molecule has 0 unspecified atom stereocenters. The van der Waals surface area contributed by atoms with Crippen LogP contribution in [0.25, 0.3) is 11.2 Å². The summed E-state index contributed by atoms with van der Waals surface area (Å²) < 4.78 is 14.9. The Hall–Kier alpha value is -3.11. The zero-order valence-corrected chi connectivity index (χ0v) is 20.0. The third-order valence-electron chi connectivity index (χ3n) is 6.40. The molecule has 2 aliphatic rings. The minimum atomic E-state index is -0.396. The molecule has 0 saturated heterocycles. The Morgan fingerprint density at radius 2 is 1.56 bits per heavy atom. The number of aryl methyl sites for hydroxylation is 1. The van der Waals surface area contributed by atoms with E-state index in [1.54, 1.807) is 16.2 Å². The molecule has 0 radical (unpaired) electrons. The van der Waals surface area contributed by atoms with Crippen LogP contribution in [0.4, 0.5) is 5.95 Å². The molecule has 34 heavy (non-hydrogen) atoms. The van der Waals surface area contributed by atoms with Gasteiger partial charge in [0.15, 0.2) is 11.2 Å². The van der Waals surface area contributed by atoms with Crippen LogP contribution in [0, 0.1) is 17.8 Å². The molecule has 0 aromatic carbocycles. The summed E-state index contributed by atoms with van der Waals surface area (Å²) in [6, 6.07) is 0. The highest BCUT2D eigenvalue weighted by Gasteiger charge is 2.29. The lowest BCUT2D eigenvalue weighted by atomic mass is 10.1. The molecule has 2 fully saturated rings. The highest BCUT2D eigenvalue weighted by Crippen LogP contribution is 2.32. The second-order valence-electron chi connectivity index (χ2n) is 9.55.